The second-order valence-corrected chi connectivity index (χ2v) is 12.0. The fraction of sp³-hybridized carbons (Fsp3) is 0.607. The van der Waals surface area contributed by atoms with Crippen LogP contribution in [0.25, 0.3) is 22.3 Å². The van der Waals surface area contributed by atoms with Crippen molar-refractivity contribution < 1.29 is 4.74 Å². The van der Waals surface area contributed by atoms with Crippen LogP contribution >= 0.6 is 0 Å². The highest BCUT2D eigenvalue weighted by Gasteiger charge is 2.40. The molecule has 1 aliphatic carbocycles. The minimum absolute atomic E-state index is 0.00361. The Morgan fingerprint density at radius 2 is 1.81 bits per heavy atom. The van der Waals surface area contributed by atoms with Gasteiger partial charge < -0.3 is 14.5 Å². The number of benzene rings is 1. The molecule has 8 heteroatoms. The van der Waals surface area contributed by atoms with Crippen molar-refractivity contribution in [2.24, 2.45) is 11.8 Å². The number of H-pyrrole nitrogens is 1. The molecule has 36 heavy (non-hydrogen) atoms. The lowest BCUT2D eigenvalue weighted by molar-refractivity contribution is 0.00861. The predicted molar refractivity (Wildman–Crippen MR) is 141 cm³/mol. The molecule has 3 saturated heterocycles. The van der Waals surface area contributed by atoms with Gasteiger partial charge in [0.1, 0.15) is 29.2 Å². The summed E-state index contributed by atoms with van der Waals surface area (Å²) in [7, 11) is 2.23. The van der Waals surface area contributed by atoms with E-state index in [9.17, 15) is 0 Å². The van der Waals surface area contributed by atoms with Crippen LogP contribution in [0.3, 0.4) is 0 Å². The van der Waals surface area contributed by atoms with Crippen LogP contribution < -0.4 is 9.64 Å². The van der Waals surface area contributed by atoms with Crippen molar-refractivity contribution in [3.63, 3.8) is 0 Å². The van der Waals surface area contributed by atoms with Crippen molar-refractivity contribution in [3.05, 3.63) is 30.6 Å². The Kier molecular flexibility index (Phi) is 5.43. The van der Waals surface area contributed by atoms with E-state index in [0.29, 0.717) is 0 Å². The minimum atomic E-state index is -0.00361. The number of aromatic nitrogens is 4. The summed E-state index contributed by atoms with van der Waals surface area (Å²) in [6, 6.07) is 8.99. The molecule has 2 aromatic heterocycles. The van der Waals surface area contributed by atoms with Crippen LogP contribution in [-0.2, 0) is 0 Å². The Balaban J connectivity index is 0.990. The van der Waals surface area contributed by atoms with E-state index in [0.717, 1.165) is 77.7 Å². The maximum Gasteiger partial charge on any atom is 0.132 e. The van der Waals surface area contributed by atoms with Crippen molar-refractivity contribution in [3.8, 4) is 17.1 Å². The third-order valence-corrected chi connectivity index (χ3v) is 8.84. The van der Waals surface area contributed by atoms with Crippen molar-refractivity contribution in [2.75, 3.05) is 51.2 Å². The molecule has 3 aliphatic heterocycles. The molecule has 7 rings (SSSR count). The molecule has 0 atom stereocenters. The maximum absolute atomic E-state index is 6.19. The lowest BCUT2D eigenvalue weighted by atomic mass is 9.83. The second kappa shape index (κ2) is 8.70. The molecule has 3 aromatic rings. The summed E-state index contributed by atoms with van der Waals surface area (Å²) in [5.74, 6) is 3.77. The summed E-state index contributed by atoms with van der Waals surface area (Å²) in [6.07, 6.45) is 7.77. The first-order chi connectivity index (χ1) is 17.5. The van der Waals surface area contributed by atoms with Gasteiger partial charge in [-0.15, -0.1) is 0 Å². The van der Waals surface area contributed by atoms with E-state index in [4.69, 9.17) is 4.74 Å². The number of hydrogen-bond donors (Lipinski definition) is 1. The van der Waals surface area contributed by atoms with Gasteiger partial charge in [-0.2, -0.15) is 5.10 Å². The molecule has 1 N–H and O–H groups in total. The maximum atomic E-state index is 6.19. The predicted octanol–water partition coefficient (Wildman–Crippen LogP) is 3.80. The second-order valence-electron chi connectivity index (χ2n) is 12.0. The van der Waals surface area contributed by atoms with Crippen molar-refractivity contribution >= 4 is 16.7 Å². The van der Waals surface area contributed by atoms with Crippen molar-refractivity contribution in [2.45, 2.75) is 50.7 Å². The third kappa shape index (κ3) is 4.34. The number of nitrogens with zero attached hydrogens (tertiary/aromatic N) is 6. The van der Waals surface area contributed by atoms with Crippen LogP contribution in [0.2, 0.25) is 0 Å². The fourth-order valence-electron chi connectivity index (χ4n) is 6.43. The van der Waals surface area contributed by atoms with Crippen LogP contribution in [0, 0.1) is 11.8 Å². The molecule has 4 aliphatic rings. The Bertz CT molecular complexity index is 1230. The van der Waals surface area contributed by atoms with Crippen LogP contribution in [0.1, 0.15) is 39.0 Å². The molecule has 0 amide bonds. The van der Waals surface area contributed by atoms with Gasteiger partial charge in [0.2, 0.25) is 0 Å². The van der Waals surface area contributed by atoms with Gasteiger partial charge in [-0.1, -0.05) is 0 Å². The molecule has 8 nitrogen and oxygen atoms in total. The monoisotopic (exact) mass is 487 g/mol. The first-order valence-electron chi connectivity index (χ1n) is 13.7. The smallest absolute Gasteiger partial charge is 0.132 e. The minimum Gasteiger partial charge on any atom is -0.488 e. The highest BCUT2D eigenvalue weighted by atomic mass is 16.5. The Morgan fingerprint density at radius 1 is 1.03 bits per heavy atom. The number of piperidine rings is 1. The summed E-state index contributed by atoms with van der Waals surface area (Å²) >= 11 is 0. The zero-order valence-electron chi connectivity index (χ0n) is 21.5. The third-order valence-electron chi connectivity index (χ3n) is 8.84. The highest BCUT2D eigenvalue weighted by molar-refractivity contribution is 5.93. The van der Waals surface area contributed by atoms with Gasteiger partial charge in [0.15, 0.2) is 0 Å². The molecule has 0 spiro atoms. The SMILES string of the molecule is CN1CC(CC2CN(C3CCN(c4cc(-c5n[nH]c6ccc(OC7(C)CC7)cc56)ncn4)CC3)C2)C1. The standard InChI is InChI=1S/C28H37N7O/c1-28(7-8-28)36-22-3-4-24-23(12-22)27(32-31-24)25-13-26(30-18-29-25)34-9-5-21(6-10-34)35-16-20(17-35)11-19-14-33(2)15-19/h3-4,12-13,18-21H,5-11,14-17H2,1-2H3,(H,31,32). The number of ether oxygens (including phenoxy) is 1. The van der Waals surface area contributed by atoms with Crippen molar-refractivity contribution in [1.82, 2.24) is 30.0 Å². The molecular formula is C28H37N7O. The molecule has 5 heterocycles. The topological polar surface area (TPSA) is 73.4 Å². The summed E-state index contributed by atoms with van der Waals surface area (Å²) in [5.41, 5.74) is 2.71. The zero-order chi connectivity index (χ0) is 24.3. The van der Waals surface area contributed by atoms with Gasteiger partial charge in [-0.05, 0) is 76.1 Å². The van der Waals surface area contributed by atoms with Gasteiger partial charge in [0.25, 0.3) is 0 Å². The number of nitrogens with one attached hydrogen (secondary N) is 1. The van der Waals surface area contributed by atoms with E-state index in [1.54, 1.807) is 6.33 Å². The molecule has 4 fully saturated rings. The van der Waals surface area contributed by atoms with Gasteiger partial charge in [0.05, 0.1) is 11.2 Å². The van der Waals surface area contributed by atoms with Crippen LogP contribution in [0.5, 0.6) is 5.75 Å². The number of hydrogen-bond acceptors (Lipinski definition) is 7. The van der Waals surface area contributed by atoms with Gasteiger partial charge >= 0.3 is 0 Å². The average molecular weight is 488 g/mol. The Hall–Kier alpha value is -2.71. The molecule has 190 valence electrons. The van der Waals surface area contributed by atoms with E-state index in [2.05, 4.69) is 61.0 Å². The average Bonchev–Trinajstić information content (AvgIpc) is 3.42. The van der Waals surface area contributed by atoms with Crippen LogP contribution in [-0.4, -0.2) is 87.9 Å². The lowest BCUT2D eigenvalue weighted by Crippen LogP contribution is -2.57. The highest BCUT2D eigenvalue weighted by Crippen LogP contribution is 2.40. The zero-order valence-corrected chi connectivity index (χ0v) is 21.5. The summed E-state index contributed by atoms with van der Waals surface area (Å²) < 4.78 is 6.19. The molecule has 1 saturated carbocycles. The summed E-state index contributed by atoms with van der Waals surface area (Å²) in [4.78, 5) is 16.8. The molecule has 1 aromatic carbocycles. The summed E-state index contributed by atoms with van der Waals surface area (Å²) in [6.45, 7) is 9.48. The number of anilines is 1. The molecule has 0 bridgehead atoms. The number of rotatable bonds is 7. The Morgan fingerprint density at radius 3 is 2.56 bits per heavy atom. The lowest BCUT2D eigenvalue weighted by Gasteiger charge is -2.49. The number of likely N-dealkylation sites (tertiary alicyclic amines) is 2. The molecule has 0 radical (unpaired) electrons. The van der Waals surface area contributed by atoms with Crippen LogP contribution in [0.15, 0.2) is 30.6 Å². The van der Waals surface area contributed by atoms with Crippen molar-refractivity contribution in [1.29, 1.82) is 0 Å². The van der Waals surface area contributed by atoms with Gasteiger partial charge in [0, 0.05) is 56.8 Å². The molecular weight excluding hydrogens is 450 g/mol. The van der Waals surface area contributed by atoms with E-state index in [1.165, 1.54) is 45.4 Å². The van der Waals surface area contributed by atoms with Crippen LogP contribution in [0.4, 0.5) is 5.82 Å². The number of aromatic amines is 1. The van der Waals surface area contributed by atoms with Gasteiger partial charge in [-0.3, -0.25) is 10.00 Å². The summed E-state index contributed by atoms with van der Waals surface area (Å²) in [5, 5.41) is 8.80. The van der Waals surface area contributed by atoms with E-state index in [1.807, 2.05) is 12.1 Å². The Labute approximate surface area is 213 Å². The van der Waals surface area contributed by atoms with Gasteiger partial charge in [-0.25, -0.2) is 9.97 Å². The fourth-order valence-corrected chi connectivity index (χ4v) is 6.43. The largest absolute Gasteiger partial charge is 0.488 e. The van der Waals surface area contributed by atoms with E-state index >= 15 is 0 Å². The first kappa shape index (κ1) is 22.5. The van der Waals surface area contributed by atoms with E-state index in [-0.39, 0.29) is 5.60 Å². The normalized spacial score (nSPS) is 23.6. The number of fused-ring (bicyclic) bond motifs is 1. The molecule has 0 unspecified atom stereocenters. The van der Waals surface area contributed by atoms with E-state index < -0.39 is 0 Å². The quantitative estimate of drug-likeness (QED) is 0.543. The first-order valence-corrected chi connectivity index (χ1v) is 13.7.